The first kappa shape index (κ1) is 21.1. The lowest BCUT2D eigenvalue weighted by Gasteiger charge is -2.14. The molecule has 2 heterocycles. The molecule has 8 nitrogen and oxygen atoms in total. The van der Waals surface area contributed by atoms with E-state index in [0.717, 1.165) is 17.7 Å². The number of ether oxygens (including phenoxy) is 1. The molecule has 1 aliphatic rings. The second-order valence-electron chi connectivity index (χ2n) is 7.87. The van der Waals surface area contributed by atoms with Gasteiger partial charge in [-0.2, -0.15) is 4.98 Å². The zero-order valence-corrected chi connectivity index (χ0v) is 18.0. The van der Waals surface area contributed by atoms with Crippen LogP contribution in [0, 0.1) is 5.92 Å². The molecule has 2 aromatic heterocycles. The molecular formula is C22H23ClN4O4. The predicted molar refractivity (Wildman–Crippen MR) is 116 cm³/mol. The van der Waals surface area contributed by atoms with Crippen molar-refractivity contribution < 1.29 is 19.2 Å². The number of pyridine rings is 1. The fraction of sp³-hybridized carbons (Fsp3) is 0.364. The molecule has 0 aliphatic heterocycles. The minimum Gasteiger partial charge on any atom is -0.481 e. The number of anilines is 1. The first-order valence-corrected chi connectivity index (χ1v) is 10.5. The molecule has 0 radical (unpaired) electrons. The molecule has 9 heteroatoms. The van der Waals surface area contributed by atoms with E-state index in [4.69, 9.17) is 26.0 Å². The number of halogens is 1. The lowest BCUT2D eigenvalue weighted by molar-refractivity contribution is -0.141. The Morgan fingerprint density at radius 1 is 1.26 bits per heavy atom. The Labute approximate surface area is 184 Å². The molecule has 31 heavy (non-hydrogen) atoms. The van der Waals surface area contributed by atoms with Crippen molar-refractivity contribution in [2.24, 2.45) is 5.92 Å². The van der Waals surface area contributed by atoms with E-state index in [1.807, 2.05) is 38.1 Å². The number of carbonyl (C=O) groups is 1. The van der Waals surface area contributed by atoms with Crippen LogP contribution in [-0.4, -0.2) is 38.3 Å². The average Bonchev–Trinajstić information content (AvgIpc) is 3.40. The first-order valence-electron chi connectivity index (χ1n) is 10.1. The van der Waals surface area contributed by atoms with Crippen molar-refractivity contribution in [3.63, 3.8) is 0 Å². The van der Waals surface area contributed by atoms with Crippen LogP contribution in [0.5, 0.6) is 5.88 Å². The Morgan fingerprint density at radius 2 is 2.03 bits per heavy atom. The molecule has 2 N–H and O–H groups in total. The number of nitrogens with zero attached hydrogens (tertiary/aromatic N) is 3. The summed E-state index contributed by atoms with van der Waals surface area (Å²) in [6, 6.07) is 9.49. The molecule has 1 aliphatic carbocycles. The standard InChI is InChI=1S/C22H23ClN4O4/c1-12(2)30-21-18(23)10-15(11-24-21)20-26-19(27-31-20)13-3-6-16(7-4-13)25-17-8-5-14(9-17)22(28)29/h3-4,6-7,10-12,14,17,25H,5,8-9H2,1-2H3,(H,28,29)/t14-,17+/m1/s1. The number of aliphatic carboxylic acids is 1. The van der Waals surface area contributed by atoms with Gasteiger partial charge in [0.15, 0.2) is 0 Å². The van der Waals surface area contributed by atoms with Gasteiger partial charge in [-0.15, -0.1) is 0 Å². The minimum atomic E-state index is -0.717. The molecule has 162 valence electrons. The van der Waals surface area contributed by atoms with E-state index in [9.17, 15) is 4.79 Å². The third-order valence-electron chi connectivity index (χ3n) is 5.12. The number of aromatic nitrogens is 3. The molecular weight excluding hydrogens is 420 g/mol. The monoisotopic (exact) mass is 442 g/mol. The summed E-state index contributed by atoms with van der Waals surface area (Å²) in [6.07, 6.45) is 3.75. The number of benzene rings is 1. The molecule has 0 spiro atoms. The van der Waals surface area contributed by atoms with E-state index in [-0.39, 0.29) is 18.1 Å². The van der Waals surface area contributed by atoms with Crippen LogP contribution in [0.4, 0.5) is 5.69 Å². The van der Waals surface area contributed by atoms with Gasteiger partial charge in [-0.25, -0.2) is 4.98 Å². The van der Waals surface area contributed by atoms with E-state index in [2.05, 4.69) is 20.4 Å². The molecule has 0 amide bonds. The first-order chi connectivity index (χ1) is 14.9. The van der Waals surface area contributed by atoms with E-state index in [0.29, 0.717) is 41.0 Å². The van der Waals surface area contributed by atoms with Crippen LogP contribution in [0.2, 0.25) is 5.02 Å². The van der Waals surface area contributed by atoms with Crippen LogP contribution in [0.25, 0.3) is 22.8 Å². The largest absolute Gasteiger partial charge is 0.481 e. The van der Waals surface area contributed by atoms with Gasteiger partial charge in [0, 0.05) is 23.5 Å². The Hall–Kier alpha value is -3.13. The topological polar surface area (TPSA) is 110 Å². The van der Waals surface area contributed by atoms with Gasteiger partial charge >= 0.3 is 5.97 Å². The smallest absolute Gasteiger partial charge is 0.306 e. The van der Waals surface area contributed by atoms with E-state index < -0.39 is 5.97 Å². The summed E-state index contributed by atoms with van der Waals surface area (Å²) in [6.45, 7) is 3.80. The zero-order valence-electron chi connectivity index (χ0n) is 17.2. The van der Waals surface area contributed by atoms with Gasteiger partial charge in [-0.1, -0.05) is 16.8 Å². The predicted octanol–water partition coefficient (Wildman–Crippen LogP) is 4.90. The van der Waals surface area contributed by atoms with Crippen molar-refractivity contribution >= 4 is 23.3 Å². The van der Waals surface area contributed by atoms with Gasteiger partial charge in [-0.3, -0.25) is 4.79 Å². The van der Waals surface area contributed by atoms with Crippen LogP contribution in [0.15, 0.2) is 41.1 Å². The second-order valence-corrected chi connectivity index (χ2v) is 8.27. The van der Waals surface area contributed by atoms with Crippen molar-refractivity contribution in [1.82, 2.24) is 15.1 Å². The van der Waals surface area contributed by atoms with Crippen molar-refractivity contribution in [1.29, 1.82) is 0 Å². The molecule has 3 aromatic rings. The van der Waals surface area contributed by atoms with Crippen LogP contribution in [-0.2, 0) is 4.79 Å². The van der Waals surface area contributed by atoms with Crippen LogP contribution in [0.3, 0.4) is 0 Å². The number of hydrogen-bond donors (Lipinski definition) is 2. The van der Waals surface area contributed by atoms with Gasteiger partial charge < -0.3 is 19.7 Å². The molecule has 1 saturated carbocycles. The molecule has 0 bridgehead atoms. The molecule has 4 rings (SSSR count). The van der Waals surface area contributed by atoms with Gasteiger partial charge in [0.25, 0.3) is 5.89 Å². The lowest BCUT2D eigenvalue weighted by atomic mass is 10.1. The minimum absolute atomic E-state index is 0.0319. The maximum absolute atomic E-state index is 11.1. The summed E-state index contributed by atoms with van der Waals surface area (Å²) < 4.78 is 10.9. The van der Waals surface area contributed by atoms with Crippen molar-refractivity contribution in [3.05, 3.63) is 41.6 Å². The summed E-state index contributed by atoms with van der Waals surface area (Å²) in [5.74, 6) is 0.148. The van der Waals surface area contributed by atoms with Crippen molar-refractivity contribution in [2.45, 2.75) is 45.3 Å². The summed E-state index contributed by atoms with van der Waals surface area (Å²) in [5, 5.41) is 17.0. The number of rotatable bonds is 7. The fourth-order valence-electron chi connectivity index (χ4n) is 3.60. The number of carboxylic acid groups (broad SMARTS) is 1. The summed E-state index contributed by atoms with van der Waals surface area (Å²) >= 11 is 6.24. The molecule has 0 unspecified atom stereocenters. The molecule has 1 aromatic carbocycles. The number of nitrogens with one attached hydrogen (secondary N) is 1. The molecule has 0 saturated heterocycles. The van der Waals surface area contributed by atoms with E-state index in [1.165, 1.54) is 0 Å². The van der Waals surface area contributed by atoms with Gasteiger partial charge in [0.2, 0.25) is 11.7 Å². The van der Waals surface area contributed by atoms with E-state index >= 15 is 0 Å². The Bertz CT molecular complexity index is 1070. The highest BCUT2D eigenvalue weighted by molar-refractivity contribution is 6.32. The van der Waals surface area contributed by atoms with Gasteiger partial charge in [-0.05, 0) is 63.4 Å². The van der Waals surface area contributed by atoms with Crippen LogP contribution < -0.4 is 10.1 Å². The summed E-state index contributed by atoms with van der Waals surface area (Å²) in [5.41, 5.74) is 2.33. The summed E-state index contributed by atoms with van der Waals surface area (Å²) in [7, 11) is 0. The number of hydrogen-bond acceptors (Lipinski definition) is 7. The normalized spacial score (nSPS) is 18.3. The van der Waals surface area contributed by atoms with Gasteiger partial charge in [0.05, 0.1) is 17.6 Å². The molecule has 1 fully saturated rings. The quantitative estimate of drug-likeness (QED) is 0.531. The highest BCUT2D eigenvalue weighted by atomic mass is 35.5. The van der Waals surface area contributed by atoms with Crippen LogP contribution >= 0.6 is 11.6 Å². The zero-order chi connectivity index (χ0) is 22.0. The lowest BCUT2D eigenvalue weighted by Crippen LogP contribution is -2.17. The highest BCUT2D eigenvalue weighted by Crippen LogP contribution is 2.31. The average molecular weight is 443 g/mol. The Morgan fingerprint density at radius 3 is 2.68 bits per heavy atom. The number of carboxylic acids is 1. The SMILES string of the molecule is CC(C)Oc1ncc(-c2nc(-c3ccc(N[C@H]4CC[C@@H](C(=O)O)C4)cc3)no2)cc1Cl. The maximum atomic E-state index is 11.1. The molecule has 2 atom stereocenters. The Kier molecular flexibility index (Phi) is 6.08. The van der Waals surface area contributed by atoms with Crippen molar-refractivity contribution in [2.75, 3.05) is 5.32 Å². The van der Waals surface area contributed by atoms with Crippen molar-refractivity contribution in [3.8, 4) is 28.7 Å². The van der Waals surface area contributed by atoms with Crippen LogP contribution in [0.1, 0.15) is 33.1 Å². The third-order valence-corrected chi connectivity index (χ3v) is 5.39. The highest BCUT2D eigenvalue weighted by Gasteiger charge is 2.29. The fourth-order valence-corrected chi connectivity index (χ4v) is 3.81. The third kappa shape index (κ3) is 4.96. The second kappa shape index (κ2) is 8.93. The maximum Gasteiger partial charge on any atom is 0.306 e. The Balaban J connectivity index is 1.43. The van der Waals surface area contributed by atoms with Gasteiger partial charge in [0.1, 0.15) is 5.02 Å². The summed E-state index contributed by atoms with van der Waals surface area (Å²) in [4.78, 5) is 19.8. The van der Waals surface area contributed by atoms with E-state index in [1.54, 1.807) is 12.3 Å².